The summed E-state index contributed by atoms with van der Waals surface area (Å²) in [5.41, 5.74) is 0. The van der Waals surface area contributed by atoms with E-state index in [2.05, 4.69) is 4.74 Å². The Morgan fingerprint density at radius 1 is 1.62 bits per heavy atom. The first kappa shape index (κ1) is 13.2. The molecule has 0 amide bonds. The Kier molecular flexibility index (Phi) is 4.46. The van der Waals surface area contributed by atoms with E-state index in [0.717, 1.165) is 0 Å². The van der Waals surface area contributed by atoms with Crippen molar-refractivity contribution in [1.29, 1.82) is 0 Å². The molecule has 0 spiro atoms. The van der Waals surface area contributed by atoms with Gasteiger partial charge in [-0.15, -0.1) is 0 Å². The fourth-order valence-corrected chi connectivity index (χ4v) is 1.44. The summed E-state index contributed by atoms with van der Waals surface area (Å²) < 4.78 is 15.2. The van der Waals surface area contributed by atoms with Gasteiger partial charge in [-0.1, -0.05) is 6.08 Å². The molecule has 0 aromatic carbocycles. The summed E-state index contributed by atoms with van der Waals surface area (Å²) in [5.74, 6) is -1.11. The highest BCUT2D eigenvalue weighted by atomic mass is 16.7. The SMILES string of the molecule is COC(=O)/C=C/C[C@@H]1OC(C)(C)OC[C@H]1O. The number of aliphatic hydroxyl groups excluding tert-OH is 1. The Hall–Kier alpha value is -0.910. The Morgan fingerprint density at radius 3 is 2.94 bits per heavy atom. The lowest BCUT2D eigenvalue weighted by Crippen LogP contribution is -2.48. The van der Waals surface area contributed by atoms with Crippen molar-refractivity contribution >= 4 is 5.97 Å². The van der Waals surface area contributed by atoms with E-state index in [1.54, 1.807) is 19.9 Å². The van der Waals surface area contributed by atoms with Crippen LogP contribution >= 0.6 is 0 Å². The van der Waals surface area contributed by atoms with Gasteiger partial charge in [0.05, 0.1) is 19.8 Å². The van der Waals surface area contributed by atoms with Crippen LogP contribution in [-0.2, 0) is 19.0 Å². The number of methoxy groups -OCH3 is 1. The summed E-state index contributed by atoms with van der Waals surface area (Å²) in [6.45, 7) is 3.82. The number of hydrogen-bond acceptors (Lipinski definition) is 5. The number of carbonyl (C=O) groups is 1. The van der Waals surface area contributed by atoms with Crippen molar-refractivity contribution in [2.24, 2.45) is 0 Å². The maximum atomic E-state index is 10.8. The average Bonchev–Trinajstić information content (AvgIpc) is 2.22. The average molecular weight is 230 g/mol. The molecule has 16 heavy (non-hydrogen) atoms. The third kappa shape index (κ3) is 3.92. The van der Waals surface area contributed by atoms with Crippen LogP contribution in [0.4, 0.5) is 0 Å². The third-order valence-corrected chi connectivity index (χ3v) is 2.29. The zero-order valence-corrected chi connectivity index (χ0v) is 9.80. The molecular formula is C11H18O5. The van der Waals surface area contributed by atoms with Gasteiger partial charge >= 0.3 is 5.97 Å². The normalized spacial score (nSPS) is 29.2. The summed E-state index contributed by atoms with van der Waals surface area (Å²) in [6, 6.07) is 0. The molecule has 5 heteroatoms. The van der Waals surface area contributed by atoms with Crippen LogP contribution in [0.15, 0.2) is 12.2 Å². The van der Waals surface area contributed by atoms with Gasteiger partial charge in [-0.05, 0) is 20.3 Å². The van der Waals surface area contributed by atoms with Crippen molar-refractivity contribution in [3.8, 4) is 0 Å². The molecule has 0 bridgehead atoms. The molecule has 1 rings (SSSR count). The Labute approximate surface area is 95.0 Å². The molecule has 1 fully saturated rings. The summed E-state index contributed by atoms with van der Waals surface area (Å²) in [5, 5.41) is 9.62. The van der Waals surface area contributed by atoms with Gasteiger partial charge in [-0.2, -0.15) is 0 Å². The Bertz CT molecular complexity index is 272. The predicted molar refractivity (Wildman–Crippen MR) is 56.7 cm³/mol. The smallest absolute Gasteiger partial charge is 0.330 e. The predicted octanol–water partition coefficient (Wildman–Crippen LogP) is 0.618. The molecule has 0 aliphatic carbocycles. The highest BCUT2D eigenvalue weighted by molar-refractivity contribution is 5.81. The highest BCUT2D eigenvalue weighted by Crippen LogP contribution is 2.24. The standard InChI is InChI=1S/C11H18O5/c1-11(2)15-7-8(12)9(16-11)5-4-6-10(13)14-3/h4,6,8-9,12H,5,7H2,1-3H3/b6-4+/t8-,9+/m1/s1. The Balaban J connectivity index is 2.46. The lowest BCUT2D eigenvalue weighted by molar-refractivity contribution is -0.302. The lowest BCUT2D eigenvalue weighted by Gasteiger charge is -2.38. The minimum absolute atomic E-state index is 0.240. The number of carbonyl (C=O) groups excluding carboxylic acids is 1. The van der Waals surface area contributed by atoms with E-state index < -0.39 is 17.9 Å². The van der Waals surface area contributed by atoms with Crippen molar-refractivity contribution in [3.63, 3.8) is 0 Å². The first-order valence-electron chi connectivity index (χ1n) is 5.19. The van der Waals surface area contributed by atoms with Crippen LogP contribution in [0.1, 0.15) is 20.3 Å². The Morgan fingerprint density at radius 2 is 2.31 bits per heavy atom. The zero-order chi connectivity index (χ0) is 12.2. The van der Waals surface area contributed by atoms with Gasteiger partial charge in [0, 0.05) is 6.08 Å². The van der Waals surface area contributed by atoms with Crippen LogP contribution in [0.3, 0.4) is 0 Å². The molecular weight excluding hydrogens is 212 g/mol. The zero-order valence-electron chi connectivity index (χ0n) is 9.80. The van der Waals surface area contributed by atoms with Gasteiger partial charge in [0.1, 0.15) is 6.10 Å². The number of aliphatic hydroxyl groups is 1. The van der Waals surface area contributed by atoms with Crippen LogP contribution in [0, 0.1) is 0 Å². The monoisotopic (exact) mass is 230 g/mol. The van der Waals surface area contributed by atoms with Crippen LogP contribution in [0.25, 0.3) is 0 Å². The minimum Gasteiger partial charge on any atom is -0.466 e. The molecule has 0 aromatic rings. The topological polar surface area (TPSA) is 65.0 Å². The summed E-state index contributed by atoms with van der Waals surface area (Å²) in [7, 11) is 1.32. The number of hydrogen-bond donors (Lipinski definition) is 1. The molecule has 1 saturated heterocycles. The fraction of sp³-hybridized carbons (Fsp3) is 0.727. The van der Waals surface area contributed by atoms with Gasteiger partial charge in [0.25, 0.3) is 0 Å². The van der Waals surface area contributed by atoms with Crippen LogP contribution < -0.4 is 0 Å². The van der Waals surface area contributed by atoms with E-state index in [1.165, 1.54) is 13.2 Å². The van der Waals surface area contributed by atoms with Crippen molar-refractivity contribution in [3.05, 3.63) is 12.2 Å². The molecule has 92 valence electrons. The maximum Gasteiger partial charge on any atom is 0.330 e. The molecule has 1 heterocycles. The quantitative estimate of drug-likeness (QED) is 0.568. The van der Waals surface area contributed by atoms with E-state index in [9.17, 15) is 9.90 Å². The molecule has 2 atom stereocenters. The van der Waals surface area contributed by atoms with E-state index in [4.69, 9.17) is 9.47 Å². The molecule has 1 aliphatic heterocycles. The number of ether oxygens (including phenoxy) is 3. The van der Waals surface area contributed by atoms with Crippen molar-refractivity contribution in [1.82, 2.24) is 0 Å². The van der Waals surface area contributed by atoms with Crippen LogP contribution in [-0.4, -0.2) is 42.8 Å². The minimum atomic E-state index is -0.691. The molecule has 0 saturated carbocycles. The third-order valence-electron chi connectivity index (χ3n) is 2.29. The maximum absolute atomic E-state index is 10.8. The molecule has 0 radical (unpaired) electrons. The first-order chi connectivity index (χ1) is 7.44. The van der Waals surface area contributed by atoms with Crippen molar-refractivity contribution in [2.75, 3.05) is 13.7 Å². The summed E-state index contributed by atoms with van der Waals surface area (Å²) >= 11 is 0. The van der Waals surface area contributed by atoms with Gasteiger partial charge in [-0.3, -0.25) is 0 Å². The first-order valence-corrected chi connectivity index (χ1v) is 5.19. The number of rotatable bonds is 3. The van der Waals surface area contributed by atoms with Crippen molar-refractivity contribution < 1.29 is 24.1 Å². The lowest BCUT2D eigenvalue weighted by atomic mass is 10.1. The second kappa shape index (κ2) is 5.43. The largest absolute Gasteiger partial charge is 0.466 e. The van der Waals surface area contributed by atoms with Crippen LogP contribution in [0.2, 0.25) is 0 Å². The second-order valence-corrected chi connectivity index (χ2v) is 4.10. The van der Waals surface area contributed by atoms with Crippen molar-refractivity contribution in [2.45, 2.75) is 38.3 Å². The molecule has 1 N–H and O–H groups in total. The summed E-state index contributed by atoms with van der Waals surface area (Å²) in [4.78, 5) is 10.8. The van der Waals surface area contributed by atoms with E-state index in [0.29, 0.717) is 6.42 Å². The van der Waals surface area contributed by atoms with E-state index in [1.807, 2.05) is 0 Å². The van der Waals surface area contributed by atoms with E-state index in [-0.39, 0.29) is 12.7 Å². The van der Waals surface area contributed by atoms with Gasteiger partial charge in [0.15, 0.2) is 5.79 Å². The van der Waals surface area contributed by atoms with E-state index >= 15 is 0 Å². The number of esters is 1. The highest BCUT2D eigenvalue weighted by Gasteiger charge is 2.34. The van der Waals surface area contributed by atoms with Gasteiger partial charge in [0.2, 0.25) is 0 Å². The molecule has 1 aliphatic rings. The molecule has 5 nitrogen and oxygen atoms in total. The van der Waals surface area contributed by atoms with Gasteiger partial charge in [-0.25, -0.2) is 4.79 Å². The molecule has 0 aromatic heterocycles. The van der Waals surface area contributed by atoms with Crippen LogP contribution in [0.5, 0.6) is 0 Å². The molecule has 0 unspecified atom stereocenters. The fourth-order valence-electron chi connectivity index (χ4n) is 1.44. The van der Waals surface area contributed by atoms with Gasteiger partial charge < -0.3 is 19.3 Å². The second-order valence-electron chi connectivity index (χ2n) is 4.10. The summed E-state index contributed by atoms with van der Waals surface area (Å²) in [6.07, 6.45) is 2.36.